The van der Waals surface area contributed by atoms with Crippen LogP contribution in [0.2, 0.25) is 0 Å². The van der Waals surface area contributed by atoms with E-state index in [0.717, 1.165) is 24.3 Å². The maximum atomic E-state index is 12.6. The van der Waals surface area contributed by atoms with E-state index in [1.54, 1.807) is 4.90 Å². The highest BCUT2D eigenvalue weighted by Gasteiger charge is 2.28. The number of amides is 1. The zero-order valence-electron chi connectivity index (χ0n) is 14.0. The Kier molecular flexibility index (Phi) is 4.11. The minimum atomic E-state index is -0.581. The number of H-pyrrole nitrogens is 1. The quantitative estimate of drug-likeness (QED) is 0.712. The normalized spacial score (nSPS) is 17.5. The predicted octanol–water partition coefficient (Wildman–Crippen LogP) is -0.0145. The van der Waals surface area contributed by atoms with Gasteiger partial charge in [-0.3, -0.25) is 23.5 Å². The van der Waals surface area contributed by atoms with Crippen LogP contribution in [0, 0.1) is 0 Å². The molecule has 0 aliphatic carbocycles. The standard InChI is InChI=1S/C17H18N6O3/c24-14-6-9-22(17(26)18-14)11-15(25)21-7-3-4-12(10-21)16-20-19-13-5-1-2-8-23(13)16/h1-2,5-6,8-9,12H,3-4,7,10-11H2,(H,18,24,26)/t12-/m1/s1. The second-order valence-corrected chi connectivity index (χ2v) is 6.40. The summed E-state index contributed by atoms with van der Waals surface area (Å²) in [6.45, 7) is 1.08. The first-order chi connectivity index (χ1) is 12.6. The SMILES string of the molecule is O=C(Cn1ccc(=O)[nH]c1=O)N1CCC[C@@H](c2nnc3ccccn23)C1. The molecule has 1 saturated heterocycles. The Morgan fingerprint density at radius 1 is 1.19 bits per heavy atom. The van der Waals surface area contributed by atoms with E-state index in [2.05, 4.69) is 15.2 Å². The highest BCUT2D eigenvalue weighted by atomic mass is 16.2. The maximum absolute atomic E-state index is 12.6. The first-order valence-electron chi connectivity index (χ1n) is 8.49. The van der Waals surface area contributed by atoms with Crippen molar-refractivity contribution >= 4 is 11.6 Å². The molecule has 9 nitrogen and oxygen atoms in total. The molecular weight excluding hydrogens is 336 g/mol. The van der Waals surface area contributed by atoms with Crippen LogP contribution in [0.15, 0.2) is 46.2 Å². The van der Waals surface area contributed by atoms with Crippen molar-refractivity contribution < 1.29 is 4.79 Å². The summed E-state index contributed by atoms with van der Waals surface area (Å²) < 4.78 is 3.16. The Labute approximate surface area is 147 Å². The van der Waals surface area contributed by atoms with Crippen LogP contribution in [0.4, 0.5) is 0 Å². The molecule has 26 heavy (non-hydrogen) atoms. The lowest BCUT2D eigenvalue weighted by Crippen LogP contribution is -2.43. The monoisotopic (exact) mass is 354 g/mol. The van der Waals surface area contributed by atoms with E-state index >= 15 is 0 Å². The number of hydrogen-bond donors (Lipinski definition) is 1. The van der Waals surface area contributed by atoms with Crippen LogP contribution >= 0.6 is 0 Å². The predicted molar refractivity (Wildman–Crippen MR) is 92.9 cm³/mol. The lowest BCUT2D eigenvalue weighted by molar-refractivity contribution is -0.133. The fourth-order valence-corrected chi connectivity index (χ4v) is 3.37. The lowest BCUT2D eigenvalue weighted by Gasteiger charge is -2.32. The molecule has 4 rings (SSSR count). The molecule has 1 aliphatic heterocycles. The van der Waals surface area contributed by atoms with Crippen molar-refractivity contribution in [3.05, 3.63) is 63.3 Å². The molecule has 1 atom stereocenters. The molecule has 0 spiro atoms. The van der Waals surface area contributed by atoms with Crippen LogP contribution < -0.4 is 11.2 Å². The molecule has 1 fully saturated rings. The number of nitrogens with one attached hydrogen (secondary N) is 1. The van der Waals surface area contributed by atoms with Crippen LogP contribution in [0.1, 0.15) is 24.6 Å². The zero-order valence-corrected chi connectivity index (χ0v) is 14.0. The Hall–Kier alpha value is -3.23. The largest absolute Gasteiger partial charge is 0.340 e. The van der Waals surface area contributed by atoms with Gasteiger partial charge in [-0.05, 0) is 25.0 Å². The fourth-order valence-electron chi connectivity index (χ4n) is 3.37. The van der Waals surface area contributed by atoms with Gasteiger partial charge in [-0.25, -0.2) is 4.79 Å². The van der Waals surface area contributed by atoms with E-state index in [1.165, 1.54) is 16.8 Å². The van der Waals surface area contributed by atoms with E-state index in [1.807, 2.05) is 28.8 Å². The van der Waals surface area contributed by atoms with Crippen LogP contribution in [-0.4, -0.2) is 48.0 Å². The maximum Gasteiger partial charge on any atom is 0.328 e. The van der Waals surface area contributed by atoms with Crippen LogP contribution in [0.3, 0.4) is 0 Å². The molecule has 0 unspecified atom stereocenters. The van der Waals surface area contributed by atoms with Crippen molar-refractivity contribution in [1.82, 2.24) is 29.0 Å². The molecule has 1 aliphatic rings. The van der Waals surface area contributed by atoms with Crippen molar-refractivity contribution in [2.75, 3.05) is 13.1 Å². The number of likely N-dealkylation sites (tertiary alicyclic amines) is 1. The van der Waals surface area contributed by atoms with Gasteiger partial charge in [-0.15, -0.1) is 10.2 Å². The highest BCUT2D eigenvalue weighted by Crippen LogP contribution is 2.26. The molecule has 0 aromatic carbocycles. The van der Waals surface area contributed by atoms with E-state index in [0.29, 0.717) is 13.1 Å². The number of hydrogen-bond acceptors (Lipinski definition) is 5. The van der Waals surface area contributed by atoms with E-state index in [4.69, 9.17) is 0 Å². The average Bonchev–Trinajstić information content (AvgIpc) is 3.08. The van der Waals surface area contributed by atoms with Gasteiger partial charge in [-0.1, -0.05) is 6.07 Å². The molecule has 0 bridgehead atoms. The Bertz CT molecular complexity index is 1070. The van der Waals surface area contributed by atoms with Gasteiger partial charge in [0.15, 0.2) is 5.65 Å². The molecule has 134 valence electrons. The Morgan fingerprint density at radius 3 is 2.92 bits per heavy atom. The molecule has 1 amide bonds. The Morgan fingerprint density at radius 2 is 2.08 bits per heavy atom. The number of fused-ring (bicyclic) bond motifs is 1. The van der Waals surface area contributed by atoms with Crippen molar-refractivity contribution in [1.29, 1.82) is 0 Å². The van der Waals surface area contributed by atoms with E-state index in [9.17, 15) is 14.4 Å². The van der Waals surface area contributed by atoms with Gasteiger partial charge in [0.2, 0.25) is 5.91 Å². The number of aromatic amines is 1. The number of carbonyl (C=O) groups excluding carboxylic acids is 1. The summed E-state index contributed by atoms with van der Waals surface area (Å²) in [5.74, 6) is 0.786. The fraction of sp³-hybridized carbons (Fsp3) is 0.353. The average molecular weight is 354 g/mol. The number of nitrogens with zero attached hydrogens (tertiary/aromatic N) is 5. The molecule has 0 saturated carbocycles. The van der Waals surface area contributed by atoms with Gasteiger partial charge in [0.25, 0.3) is 5.56 Å². The minimum absolute atomic E-state index is 0.0943. The summed E-state index contributed by atoms with van der Waals surface area (Å²) in [5.41, 5.74) is -0.274. The molecule has 3 aromatic heterocycles. The van der Waals surface area contributed by atoms with Crippen LogP contribution in [-0.2, 0) is 11.3 Å². The molecule has 4 heterocycles. The van der Waals surface area contributed by atoms with E-state index < -0.39 is 11.2 Å². The summed E-state index contributed by atoms with van der Waals surface area (Å²) in [5, 5.41) is 8.48. The molecule has 3 aromatic rings. The molecule has 9 heteroatoms. The van der Waals surface area contributed by atoms with Gasteiger partial charge in [0.05, 0.1) is 0 Å². The third-order valence-corrected chi connectivity index (χ3v) is 4.68. The zero-order chi connectivity index (χ0) is 18.1. The number of carbonyl (C=O) groups is 1. The van der Waals surface area contributed by atoms with Crippen LogP contribution in [0.5, 0.6) is 0 Å². The summed E-state index contributed by atoms with van der Waals surface area (Å²) in [6, 6.07) is 6.96. The number of pyridine rings is 1. The number of aromatic nitrogens is 5. The third kappa shape index (κ3) is 3.03. The number of rotatable bonds is 3. The van der Waals surface area contributed by atoms with Crippen LogP contribution in [0.25, 0.3) is 5.65 Å². The Balaban J connectivity index is 1.52. The van der Waals surface area contributed by atoms with E-state index in [-0.39, 0.29) is 18.4 Å². The first-order valence-corrected chi connectivity index (χ1v) is 8.49. The summed E-state index contributed by atoms with van der Waals surface area (Å²) in [4.78, 5) is 39.4. The number of piperidine rings is 1. The summed E-state index contributed by atoms with van der Waals surface area (Å²) in [6.07, 6.45) is 5.05. The first kappa shape index (κ1) is 16.2. The summed E-state index contributed by atoms with van der Waals surface area (Å²) >= 11 is 0. The second kappa shape index (κ2) is 6.58. The molecule has 0 radical (unpaired) electrons. The lowest BCUT2D eigenvalue weighted by atomic mass is 9.97. The van der Waals surface area contributed by atoms with Gasteiger partial charge < -0.3 is 4.90 Å². The second-order valence-electron chi connectivity index (χ2n) is 6.40. The van der Waals surface area contributed by atoms with Crippen molar-refractivity contribution in [3.8, 4) is 0 Å². The third-order valence-electron chi connectivity index (χ3n) is 4.68. The van der Waals surface area contributed by atoms with Crippen molar-refractivity contribution in [3.63, 3.8) is 0 Å². The topological polar surface area (TPSA) is 105 Å². The van der Waals surface area contributed by atoms with Crippen molar-refractivity contribution in [2.24, 2.45) is 0 Å². The highest BCUT2D eigenvalue weighted by molar-refractivity contribution is 5.76. The van der Waals surface area contributed by atoms with Gasteiger partial charge in [-0.2, -0.15) is 0 Å². The minimum Gasteiger partial charge on any atom is -0.340 e. The smallest absolute Gasteiger partial charge is 0.328 e. The summed E-state index contributed by atoms with van der Waals surface area (Å²) in [7, 11) is 0. The van der Waals surface area contributed by atoms with Gasteiger partial charge in [0, 0.05) is 37.5 Å². The molecular formula is C17H18N6O3. The van der Waals surface area contributed by atoms with Gasteiger partial charge >= 0.3 is 5.69 Å². The van der Waals surface area contributed by atoms with Crippen molar-refractivity contribution in [2.45, 2.75) is 25.3 Å². The van der Waals surface area contributed by atoms with Gasteiger partial charge in [0.1, 0.15) is 12.4 Å². The molecule has 1 N–H and O–H groups in total.